The molecule has 4 atom stereocenters. The fourth-order valence-corrected chi connectivity index (χ4v) is 12.3. The van der Waals surface area contributed by atoms with Crippen molar-refractivity contribution in [1.29, 1.82) is 0 Å². The van der Waals surface area contributed by atoms with Crippen LogP contribution in [0, 0.1) is 22.7 Å². The lowest BCUT2D eigenvalue weighted by atomic mass is 9.47. The van der Waals surface area contributed by atoms with Crippen LogP contribution in [0.25, 0.3) is 0 Å². The van der Waals surface area contributed by atoms with Gasteiger partial charge in [-0.15, -0.1) is 0 Å². The van der Waals surface area contributed by atoms with E-state index >= 15 is 0 Å². The number of benzene rings is 2. The molecule has 0 radical (unpaired) electrons. The molecule has 0 aliphatic heterocycles. The van der Waals surface area contributed by atoms with Gasteiger partial charge in [-0.2, -0.15) is 0 Å². The summed E-state index contributed by atoms with van der Waals surface area (Å²) >= 11 is 0. The molecule has 0 heterocycles. The highest BCUT2D eigenvalue weighted by molar-refractivity contribution is 6.99. The van der Waals surface area contributed by atoms with E-state index in [1.807, 2.05) is 6.92 Å². The van der Waals surface area contributed by atoms with E-state index in [4.69, 9.17) is 9.16 Å². The Morgan fingerprint density at radius 3 is 2.08 bits per heavy atom. The van der Waals surface area contributed by atoms with Gasteiger partial charge in [0.25, 0.3) is 8.32 Å². The normalized spacial score (nSPS) is 27.8. The quantitative estimate of drug-likeness (QED) is 0.203. The Morgan fingerprint density at radius 2 is 1.55 bits per heavy atom. The van der Waals surface area contributed by atoms with Crippen LogP contribution in [0.3, 0.4) is 0 Å². The third-order valence-electron chi connectivity index (χ3n) is 10.1. The van der Waals surface area contributed by atoms with E-state index < -0.39 is 8.32 Å². The molecular formula is C34H48O3Si. The summed E-state index contributed by atoms with van der Waals surface area (Å²) < 4.78 is 12.9. The molecular weight excluding hydrogens is 484 g/mol. The largest absolute Gasteiger partial charge is 0.466 e. The van der Waals surface area contributed by atoms with Crippen LogP contribution >= 0.6 is 0 Å². The molecule has 1 saturated carbocycles. The van der Waals surface area contributed by atoms with Crippen molar-refractivity contribution in [3.8, 4) is 0 Å². The zero-order valence-electron chi connectivity index (χ0n) is 24.7. The van der Waals surface area contributed by atoms with Gasteiger partial charge >= 0.3 is 5.97 Å². The number of hydrogen-bond acceptors (Lipinski definition) is 3. The highest BCUT2D eigenvalue weighted by atomic mass is 28.4. The Morgan fingerprint density at radius 1 is 0.974 bits per heavy atom. The maximum absolute atomic E-state index is 12.7. The van der Waals surface area contributed by atoms with Gasteiger partial charge in [0.15, 0.2) is 0 Å². The second-order valence-corrected chi connectivity index (χ2v) is 17.5. The first-order valence-corrected chi connectivity index (χ1v) is 16.5. The molecule has 2 aromatic rings. The topological polar surface area (TPSA) is 35.5 Å². The van der Waals surface area contributed by atoms with Crippen LogP contribution in [-0.4, -0.2) is 27.5 Å². The SMILES string of the molecule is CCOC(=O)C[C@]1(C)[C@H](C)CC[C@]2(C)C(CO[Si](c3ccccc3)(c3ccccc3)C(C)(C)C)=CCC[C@@H]12. The summed E-state index contributed by atoms with van der Waals surface area (Å²) in [5, 5.41) is 2.59. The van der Waals surface area contributed by atoms with Gasteiger partial charge in [0, 0.05) is 0 Å². The van der Waals surface area contributed by atoms with Gasteiger partial charge in [-0.3, -0.25) is 4.79 Å². The molecule has 0 unspecified atom stereocenters. The summed E-state index contributed by atoms with van der Waals surface area (Å²) in [6.07, 6.45) is 7.41. The van der Waals surface area contributed by atoms with Gasteiger partial charge in [0.1, 0.15) is 0 Å². The molecule has 4 rings (SSSR count). The summed E-state index contributed by atoms with van der Waals surface area (Å²) in [5.74, 6) is 0.874. The fourth-order valence-electron chi connectivity index (χ4n) is 7.77. The van der Waals surface area contributed by atoms with E-state index in [1.165, 1.54) is 15.9 Å². The second-order valence-electron chi connectivity index (χ2n) is 13.2. The molecule has 1 fully saturated rings. The van der Waals surface area contributed by atoms with Gasteiger partial charge < -0.3 is 9.16 Å². The summed E-state index contributed by atoms with van der Waals surface area (Å²) in [6.45, 7) is 17.2. The van der Waals surface area contributed by atoms with Crippen LogP contribution in [0.4, 0.5) is 0 Å². The number of allylic oxidation sites excluding steroid dienone is 1. The number of esters is 1. The zero-order valence-corrected chi connectivity index (χ0v) is 25.7. The Labute approximate surface area is 232 Å². The summed E-state index contributed by atoms with van der Waals surface area (Å²) in [6, 6.07) is 21.9. The number of ether oxygens (including phenoxy) is 1. The van der Waals surface area contributed by atoms with Gasteiger partial charge in [0.2, 0.25) is 0 Å². The van der Waals surface area contributed by atoms with Gasteiger partial charge in [-0.25, -0.2) is 0 Å². The fraction of sp³-hybridized carbons (Fsp3) is 0.559. The van der Waals surface area contributed by atoms with Crippen LogP contribution in [0.15, 0.2) is 72.3 Å². The molecule has 38 heavy (non-hydrogen) atoms. The number of carbonyl (C=O) groups is 1. The summed E-state index contributed by atoms with van der Waals surface area (Å²) in [5.41, 5.74) is 1.39. The van der Waals surface area contributed by atoms with E-state index in [2.05, 4.69) is 108 Å². The lowest BCUT2D eigenvalue weighted by Crippen LogP contribution is -2.67. The average Bonchev–Trinajstić information content (AvgIpc) is 2.88. The van der Waals surface area contributed by atoms with Crippen LogP contribution in [0.2, 0.25) is 5.04 Å². The van der Waals surface area contributed by atoms with Gasteiger partial charge in [0.05, 0.1) is 19.6 Å². The Balaban J connectivity index is 1.71. The van der Waals surface area contributed by atoms with Crippen molar-refractivity contribution < 1.29 is 14.0 Å². The average molecular weight is 533 g/mol. The molecule has 0 saturated heterocycles. The van der Waals surface area contributed by atoms with Gasteiger partial charge in [-0.05, 0) is 76.3 Å². The minimum absolute atomic E-state index is 0.0252. The van der Waals surface area contributed by atoms with E-state index in [0.717, 1.165) is 25.7 Å². The predicted molar refractivity (Wildman–Crippen MR) is 160 cm³/mol. The first kappa shape index (κ1) is 28.8. The molecule has 2 aromatic carbocycles. The van der Waals surface area contributed by atoms with Crippen LogP contribution in [-0.2, 0) is 14.0 Å². The number of hydrogen-bond donors (Lipinski definition) is 0. The molecule has 2 aliphatic rings. The predicted octanol–water partition coefficient (Wildman–Crippen LogP) is 7.30. The molecule has 4 heteroatoms. The minimum atomic E-state index is -2.62. The van der Waals surface area contributed by atoms with E-state index in [0.29, 0.717) is 31.5 Å². The van der Waals surface area contributed by atoms with E-state index in [-0.39, 0.29) is 21.8 Å². The van der Waals surface area contributed by atoms with Crippen molar-refractivity contribution in [3.05, 3.63) is 72.3 Å². The summed E-state index contributed by atoms with van der Waals surface area (Å²) in [7, 11) is -2.62. The maximum atomic E-state index is 12.7. The number of fused-ring (bicyclic) bond motifs is 1. The molecule has 2 aliphatic carbocycles. The third-order valence-corrected chi connectivity index (χ3v) is 15.0. The standard InChI is InChI=1S/C34H48O3Si/c1-8-36-31(35)24-34(7)26(2)22-23-33(6)27(16-15-21-30(33)34)25-37-38(32(3,4)5,28-17-11-9-12-18-28)29-19-13-10-14-20-29/h9-14,16-20,26,30H,8,15,21-25H2,1-7H3/t26-,30-,33-,34-/m1/s1. The molecule has 0 spiro atoms. The first-order chi connectivity index (χ1) is 18.0. The molecule has 206 valence electrons. The highest BCUT2D eigenvalue weighted by Gasteiger charge is 2.56. The lowest BCUT2D eigenvalue weighted by Gasteiger charge is -2.58. The van der Waals surface area contributed by atoms with Crippen molar-refractivity contribution in [1.82, 2.24) is 0 Å². The third kappa shape index (κ3) is 5.07. The molecule has 0 N–H and O–H groups in total. The number of carbonyl (C=O) groups excluding carboxylic acids is 1. The maximum Gasteiger partial charge on any atom is 0.306 e. The Bertz CT molecular complexity index is 1080. The van der Waals surface area contributed by atoms with Crippen molar-refractivity contribution in [2.45, 2.75) is 85.6 Å². The smallest absolute Gasteiger partial charge is 0.306 e. The van der Waals surface area contributed by atoms with Gasteiger partial charge in [-0.1, -0.05) is 108 Å². The van der Waals surface area contributed by atoms with E-state index in [1.54, 1.807) is 0 Å². The molecule has 0 bridgehead atoms. The van der Waals surface area contributed by atoms with Crippen molar-refractivity contribution >= 4 is 24.7 Å². The van der Waals surface area contributed by atoms with Crippen LogP contribution < -0.4 is 10.4 Å². The summed E-state index contributed by atoms with van der Waals surface area (Å²) in [4.78, 5) is 12.7. The van der Waals surface area contributed by atoms with E-state index in [9.17, 15) is 4.79 Å². The molecule has 0 amide bonds. The monoisotopic (exact) mass is 532 g/mol. The second kappa shape index (κ2) is 11.1. The van der Waals surface area contributed by atoms with Crippen molar-refractivity contribution in [3.63, 3.8) is 0 Å². The molecule has 3 nitrogen and oxygen atoms in total. The Hall–Kier alpha value is -2.17. The van der Waals surface area contributed by atoms with Crippen LogP contribution in [0.1, 0.15) is 80.6 Å². The van der Waals surface area contributed by atoms with Crippen LogP contribution in [0.5, 0.6) is 0 Å². The highest BCUT2D eigenvalue weighted by Crippen LogP contribution is 2.61. The minimum Gasteiger partial charge on any atom is -0.466 e. The van der Waals surface area contributed by atoms with Crippen molar-refractivity contribution in [2.75, 3.05) is 13.2 Å². The molecule has 0 aromatic heterocycles. The Kier molecular flexibility index (Phi) is 8.45. The first-order valence-electron chi connectivity index (χ1n) is 14.6. The van der Waals surface area contributed by atoms with Crippen molar-refractivity contribution in [2.24, 2.45) is 22.7 Å². The zero-order chi connectivity index (χ0) is 27.6. The number of rotatable bonds is 8. The lowest BCUT2D eigenvalue weighted by molar-refractivity contribution is -0.151.